The van der Waals surface area contributed by atoms with Crippen LogP contribution >= 0.6 is 0 Å². The molecule has 5 heteroatoms. The molecular weight excluding hydrogens is 338 g/mol. The van der Waals surface area contributed by atoms with Crippen LogP contribution in [0.4, 0.5) is 0 Å². The summed E-state index contributed by atoms with van der Waals surface area (Å²) in [7, 11) is 1.62. The second-order valence-electron chi connectivity index (χ2n) is 7.50. The first-order valence-electron chi connectivity index (χ1n) is 9.17. The molecule has 136 valence electrons. The molecule has 2 aromatic rings. The van der Waals surface area contributed by atoms with Gasteiger partial charge in [0.2, 0.25) is 5.88 Å². The lowest BCUT2D eigenvalue weighted by atomic mass is 9.58. The van der Waals surface area contributed by atoms with E-state index in [1.165, 1.54) is 0 Å². The number of hydrogen-bond acceptors (Lipinski definition) is 5. The van der Waals surface area contributed by atoms with Gasteiger partial charge in [-0.1, -0.05) is 50.3 Å². The Labute approximate surface area is 158 Å². The number of fused-ring (bicyclic) bond motifs is 3. The molecule has 0 saturated carbocycles. The minimum atomic E-state index is -0.494. The van der Waals surface area contributed by atoms with Crippen molar-refractivity contribution in [2.75, 3.05) is 7.11 Å². The molecule has 0 aliphatic heterocycles. The van der Waals surface area contributed by atoms with Gasteiger partial charge in [0.1, 0.15) is 6.07 Å². The third-order valence-electron chi connectivity index (χ3n) is 6.03. The molecule has 2 aliphatic rings. The Bertz CT molecular complexity index is 991. The third kappa shape index (κ3) is 2.56. The largest absolute Gasteiger partial charge is 0.481 e. The Kier molecular flexibility index (Phi) is 4.07. The zero-order valence-electron chi connectivity index (χ0n) is 15.7. The van der Waals surface area contributed by atoms with Gasteiger partial charge in [-0.3, -0.25) is 4.79 Å². The van der Waals surface area contributed by atoms with E-state index in [0.717, 1.165) is 29.7 Å². The van der Waals surface area contributed by atoms with Crippen molar-refractivity contribution in [3.8, 4) is 23.3 Å². The monoisotopic (exact) mass is 359 g/mol. The van der Waals surface area contributed by atoms with Crippen molar-refractivity contribution in [3.63, 3.8) is 0 Å². The molecule has 1 aromatic carbocycles. The highest BCUT2D eigenvalue weighted by Crippen LogP contribution is 2.50. The minimum Gasteiger partial charge on any atom is -0.481 e. The molecule has 3 atom stereocenters. The van der Waals surface area contributed by atoms with E-state index in [4.69, 9.17) is 9.72 Å². The van der Waals surface area contributed by atoms with E-state index in [-0.39, 0.29) is 23.2 Å². The first-order valence-corrected chi connectivity index (χ1v) is 9.17. The number of nitrogens with zero attached hydrogens (tertiary/aromatic N) is 3. The second kappa shape index (κ2) is 6.31. The maximum atomic E-state index is 12.5. The van der Waals surface area contributed by atoms with Crippen molar-refractivity contribution in [3.05, 3.63) is 53.2 Å². The number of Topliss-reactive ketones (excluding diaryl/α,β-unsaturated/α-hetero) is 1. The SMILES string of the molecule is COc1nc(-c2ccccc2)nc2c1CCC1C(C)C(=O)C(C#N)=CC21C. The third-order valence-corrected chi connectivity index (χ3v) is 6.03. The highest BCUT2D eigenvalue weighted by atomic mass is 16.5. The fraction of sp³-hybridized carbons (Fsp3) is 0.364. The van der Waals surface area contributed by atoms with Gasteiger partial charge in [0.25, 0.3) is 0 Å². The predicted octanol–water partition coefficient (Wildman–Crippen LogP) is 3.64. The summed E-state index contributed by atoms with van der Waals surface area (Å²) in [5, 5.41) is 9.47. The van der Waals surface area contributed by atoms with Crippen LogP contribution in [-0.4, -0.2) is 22.9 Å². The lowest BCUT2D eigenvalue weighted by molar-refractivity contribution is -0.121. The lowest BCUT2D eigenvalue weighted by Crippen LogP contribution is -2.46. The van der Waals surface area contributed by atoms with E-state index < -0.39 is 5.41 Å². The molecule has 2 aliphatic carbocycles. The number of nitriles is 1. The predicted molar refractivity (Wildman–Crippen MR) is 101 cm³/mol. The van der Waals surface area contributed by atoms with E-state index in [1.807, 2.05) is 43.3 Å². The van der Waals surface area contributed by atoms with Crippen molar-refractivity contribution in [2.24, 2.45) is 11.8 Å². The molecular formula is C22H21N3O2. The van der Waals surface area contributed by atoms with E-state index in [2.05, 4.69) is 18.0 Å². The maximum Gasteiger partial charge on any atom is 0.220 e. The van der Waals surface area contributed by atoms with Crippen LogP contribution in [0.2, 0.25) is 0 Å². The number of methoxy groups -OCH3 is 1. The van der Waals surface area contributed by atoms with Crippen molar-refractivity contribution < 1.29 is 9.53 Å². The summed E-state index contributed by atoms with van der Waals surface area (Å²) in [5.74, 6) is 1.02. The van der Waals surface area contributed by atoms with Crippen molar-refractivity contribution >= 4 is 5.78 Å². The average Bonchev–Trinajstić information content (AvgIpc) is 2.70. The first kappa shape index (κ1) is 17.4. The van der Waals surface area contributed by atoms with E-state index >= 15 is 0 Å². The van der Waals surface area contributed by atoms with Gasteiger partial charge >= 0.3 is 0 Å². The normalized spacial score (nSPS) is 26.4. The summed E-state index contributed by atoms with van der Waals surface area (Å²) in [5.41, 5.74) is 2.50. The van der Waals surface area contributed by atoms with Crippen LogP contribution in [0.25, 0.3) is 11.4 Å². The minimum absolute atomic E-state index is 0.0623. The fourth-order valence-electron chi connectivity index (χ4n) is 4.63. The molecule has 0 amide bonds. The van der Waals surface area contributed by atoms with Crippen molar-refractivity contribution in [2.45, 2.75) is 32.1 Å². The Balaban J connectivity index is 1.98. The van der Waals surface area contributed by atoms with Crippen LogP contribution in [-0.2, 0) is 16.6 Å². The van der Waals surface area contributed by atoms with Gasteiger partial charge < -0.3 is 4.74 Å². The van der Waals surface area contributed by atoms with Gasteiger partial charge in [0.15, 0.2) is 11.6 Å². The van der Waals surface area contributed by atoms with Crippen LogP contribution in [0.1, 0.15) is 31.5 Å². The van der Waals surface area contributed by atoms with Crippen molar-refractivity contribution in [1.29, 1.82) is 5.26 Å². The van der Waals surface area contributed by atoms with Gasteiger partial charge in [-0.05, 0) is 18.8 Å². The number of ketones is 1. The average molecular weight is 359 g/mol. The van der Waals surface area contributed by atoms with Gasteiger partial charge in [-0.15, -0.1) is 0 Å². The summed E-state index contributed by atoms with van der Waals surface area (Å²) in [4.78, 5) is 22.1. The molecule has 0 fully saturated rings. The van der Waals surface area contributed by atoms with E-state index in [9.17, 15) is 10.1 Å². The molecule has 4 rings (SSSR count). The second-order valence-corrected chi connectivity index (χ2v) is 7.50. The molecule has 0 N–H and O–H groups in total. The summed E-state index contributed by atoms with van der Waals surface area (Å²) >= 11 is 0. The number of carbonyl (C=O) groups is 1. The van der Waals surface area contributed by atoms with Gasteiger partial charge in [-0.2, -0.15) is 10.2 Å². The summed E-state index contributed by atoms with van der Waals surface area (Å²) in [6.45, 7) is 4.01. The molecule has 3 unspecified atom stereocenters. The molecule has 0 bridgehead atoms. The Morgan fingerprint density at radius 2 is 2.00 bits per heavy atom. The molecule has 0 spiro atoms. The van der Waals surface area contributed by atoms with Gasteiger partial charge in [-0.25, -0.2) is 4.98 Å². The lowest BCUT2D eigenvalue weighted by Gasteiger charge is -2.45. The fourth-order valence-corrected chi connectivity index (χ4v) is 4.63. The van der Waals surface area contributed by atoms with Gasteiger partial charge in [0.05, 0.1) is 18.4 Å². The highest BCUT2D eigenvalue weighted by Gasteiger charge is 2.49. The van der Waals surface area contributed by atoms with Crippen LogP contribution in [0.3, 0.4) is 0 Å². The topological polar surface area (TPSA) is 75.9 Å². The number of hydrogen-bond donors (Lipinski definition) is 0. The highest BCUT2D eigenvalue weighted by molar-refractivity contribution is 6.02. The number of aromatic nitrogens is 2. The molecule has 1 heterocycles. The standard InChI is InChI=1S/C22H21N3O2/c1-13-17-10-9-16-19(22(17,2)11-15(12-23)18(13)26)24-20(25-21(16)27-3)14-7-5-4-6-8-14/h4-8,11,13,17H,9-10H2,1-3H3. The Hall–Kier alpha value is -3.00. The zero-order chi connectivity index (χ0) is 19.2. The summed E-state index contributed by atoms with van der Waals surface area (Å²) in [6, 6.07) is 11.9. The molecule has 5 nitrogen and oxygen atoms in total. The quantitative estimate of drug-likeness (QED) is 0.818. The molecule has 0 saturated heterocycles. The smallest absolute Gasteiger partial charge is 0.220 e. The Morgan fingerprint density at radius 3 is 2.67 bits per heavy atom. The van der Waals surface area contributed by atoms with E-state index in [0.29, 0.717) is 11.7 Å². The molecule has 27 heavy (non-hydrogen) atoms. The first-order chi connectivity index (χ1) is 13.0. The zero-order valence-corrected chi connectivity index (χ0v) is 15.7. The summed E-state index contributed by atoms with van der Waals surface area (Å²) < 4.78 is 5.60. The van der Waals surface area contributed by atoms with Crippen LogP contribution in [0.5, 0.6) is 5.88 Å². The Morgan fingerprint density at radius 1 is 1.26 bits per heavy atom. The number of rotatable bonds is 2. The molecule has 1 aromatic heterocycles. The number of allylic oxidation sites excluding steroid dienone is 2. The van der Waals surface area contributed by atoms with Crippen molar-refractivity contribution in [1.82, 2.24) is 9.97 Å². The van der Waals surface area contributed by atoms with Gasteiger partial charge in [0, 0.05) is 22.5 Å². The molecule has 0 radical (unpaired) electrons. The van der Waals surface area contributed by atoms with Crippen LogP contribution in [0.15, 0.2) is 42.0 Å². The maximum absolute atomic E-state index is 12.5. The van der Waals surface area contributed by atoms with Crippen LogP contribution in [0, 0.1) is 23.2 Å². The summed E-state index contributed by atoms with van der Waals surface area (Å²) in [6.07, 6.45) is 3.43. The van der Waals surface area contributed by atoms with E-state index in [1.54, 1.807) is 7.11 Å². The van der Waals surface area contributed by atoms with Crippen LogP contribution < -0.4 is 4.74 Å². The number of carbonyl (C=O) groups excluding carboxylic acids is 1. The number of benzene rings is 1. The number of ether oxygens (including phenoxy) is 1.